The molecule has 0 radical (unpaired) electrons. The highest BCUT2D eigenvalue weighted by atomic mass is 16.6. The molecule has 1 rings (SSSR count). The molecule has 0 spiro atoms. The van der Waals surface area contributed by atoms with E-state index in [2.05, 4.69) is 11.1 Å². The summed E-state index contributed by atoms with van der Waals surface area (Å²) in [5.74, 6) is -0.330. The van der Waals surface area contributed by atoms with Gasteiger partial charge < -0.3 is 4.74 Å². The van der Waals surface area contributed by atoms with Crippen molar-refractivity contribution in [3.05, 3.63) is 18.2 Å². The van der Waals surface area contributed by atoms with Gasteiger partial charge in [0.2, 0.25) is 0 Å². The largest absolute Gasteiger partial charge is 0.443 e. The SMILES string of the molecule is CC(C#N)c1cn(C(=O)OC(C)(C)C)cn1. The van der Waals surface area contributed by atoms with Crippen molar-refractivity contribution in [3.8, 4) is 6.07 Å². The van der Waals surface area contributed by atoms with Crippen molar-refractivity contribution >= 4 is 6.09 Å². The Bertz CT molecular complexity index is 423. The Hall–Kier alpha value is -1.83. The summed E-state index contributed by atoms with van der Waals surface area (Å²) in [6.07, 6.45) is 2.38. The number of carbonyl (C=O) groups is 1. The summed E-state index contributed by atoms with van der Waals surface area (Å²) in [6, 6.07) is 2.05. The number of carbonyl (C=O) groups excluding carboxylic acids is 1. The Morgan fingerprint density at radius 2 is 2.25 bits per heavy atom. The second-order valence-corrected chi connectivity index (χ2v) is 4.54. The maximum absolute atomic E-state index is 11.6. The van der Waals surface area contributed by atoms with E-state index in [1.807, 2.05) is 0 Å². The van der Waals surface area contributed by atoms with Crippen LogP contribution in [0.5, 0.6) is 0 Å². The van der Waals surface area contributed by atoms with Crippen LogP contribution in [-0.2, 0) is 4.74 Å². The van der Waals surface area contributed by atoms with Crippen LogP contribution in [0, 0.1) is 11.3 Å². The summed E-state index contributed by atoms with van der Waals surface area (Å²) < 4.78 is 6.40. The minimum absolute atomic E-state index is 0.330. The third kappa shape index (κ3) is 3.09. The van der Waals surface area contributed by atoms with Gasteiger partial charge in [0.25, 0.3) is 0 Å². The van der Waals surface area contributed by atoms with Crippen LogP contribution in [0.2, 0.25) is 0 Å². The lowest BCUT2D eigenvalue weighted by Gasteiger charge is -2.19. The van der Waals surface area contributed by atoms with Crippen molar-refractivity contribution in [2.75, 3.05) is 0 Å². The first kappa shape index (κ1) is 12.2. The molecule has 1 heterocycles. The first-order chi connectivity index (χ1) is 7.33. The van der Waals surface area contributed by atoms with Crippen molar-refractivity contribution in [3.63, 3.8) is 0 Å². The van der Waals surface area contributed by atoms with E-state index in [-0.39, 0.29) is 5.92 Å². The van der Waals surface area contributed by atoms with E-state index in [9.17, 15) is 4.79 Å². The molecule has 16 heavy (non-hydrogen) atoms. The number of nitriles is 1. The van der Waals surface area contributed by atoms with Gasteiger partial charge in [-0.2, -0.15) is 5.26 Å². The Morgan fingerprint density at radius 1 is 1.62 bits per heavy atom. The second kappa shape index (κ2) is 4.35. The van der Waals surface area contributed by atoms with Gasteiger partial charge in [0, 0.05) is 6.20 Å². The van der Waals surface area contributed by atoms with Gasteiger partial charge in [-0.15, -0.1) is 0 Å². The van der Waals surface area contributed by atoms with Gasteiger partial charge in [0.1, 0.15) is 11.9 Å². The molecule has 5 heteroatoms. The fraction of sp³-hybridized carbons (Fsp3) is 0.545. The summed E-state index contributed by atoms with van der Waals surface area (Å²) in [7, 11) is 0. The average Bonchev–Trinajstić information content (AvgIpc) is 2.62. The number of aromatic nitrogens is 2. The smallest absolute Gasteiger partial charge is 0.419 e. The minimum atomic E-state index is -0.539. The molecule has 1 aromatic rings. The zero-order valence-electron chi connectivity index (χ0n) is 9.89. The van der Waals surface area contributed by atoms with Gasteiger partial charge in [-0.25, -0.2) is 14.3 Å². The molecule has 0 aromatic carbocycles. The molecule has 5 nitrogen and oxygen atoms in total. The Morgan fingerprint density at radius 3 is 2.75 bits per heavy atom. The molecule has 0 saturated carbocycles. The van der Waals surface area contributed by atoms with Crippen molar-refractivity contribution in [2.24, 2.45) is 0 Å². The molecule has 0 bridgehead atoms. The zero-order chi connectivity index (χ0) is 12.3. The van der Waals surface area contributed by atoms with E-state index in [4.69, 9.17) is 10.00 Å². The standard InChI is InChI=1S/C11H15N3O2/c1-8(5-12)9-6-14(7-13-9)10(15)16-11(2,3)4/h6-8H,1-4H3. The van der Waals surface area contributed by atoms with Gasteiger partial charge in [0.15, 0.2) is 0 Å². The fourth-order valence-corrected chi connectivity index (χ4v) is 1.04. The molecule has 0 N–H and O–H groups in total. The van der Waals surface area contributed by atoms with Crippen LogP contribution in [0.15, 0.2) is 12.5 Å². The predicted octanol–water partition coefficient (Wildman–Crippen LogP) is 2.29. The van der Waals surface area contributed by atoms with Gasteiger partial charge in [-0.05, 0) is 27.7 Å². The Labute approximate surface area is 94.7 Å². The molecule has 0 aliphatic heterocycles. The van der Waals surface area contributed by atoms with Gasteiger partial charge in [-0.3, -0.25) is 0 Å². The summed E-state index contributed by atoms with van der Waals surface area (Å²) in [5.41, 5.74) is 0.0240. The summed E-state index contributed by atoms with van der Waals surface area (Å²) in [6.45, 7) is 7.10. The second-order valence-electron chi connectivity index (χ2n) is 4.54. The lowest BCUT2D eigenvalue weighted by Crippen LogP contribution is -2.26. The van der Waals surface area contributed by atoms with Crippen molar-refractivity contribution in [2.45, 2.75) is 39.2 Å². The molecule has 0 aliphatic rings. The first-order valence-electron chi connectivity index (χ1n) is 5.00. The van der Waals surface area contributed by atoms with Crippen LogP contribution < -0.4 is 0 Å². The highest BCUT2D eigenvalue weighted by Crippen LogP contribution is 2.13. The molecule has 0 aliphatic carbocycles. The highest BCUT2D eigenvalue weighted by Gasteiger charge is 2.18. The Balaban J connectivity index is 2.79. The van der Waals surface area contributed by atoms with Crippen LogP contribution in [0.4, 0.5) is 4.79 Å². The molecule has 1 atom stereocenters. The topological polar surface area (TPSA) is 67.9 Å². The van der Waals surface area contributed by atoms with E-state index in [1.165, 1.54) is 17.1 Å². The number of ether oxygens (including phenoxy) is 1. The number of rotatable bonds is 1. The minimum Gasteiger partial charge on any atom is -0.443 e. The van der Waals surface area contributed by atoms with Gasteiger partial charge in [0.05, 0.1) is 17.7 Å². The maximum Gasteiger partial charge on any atom is 0.419 e. The third-order valence-corrected chi connectivity index (χ3v) is 1.84. The van der Waals surface area contributed by atoms with Crippen LogP contribution >= 0.6 is 0 Å². The maximum atomic E-state index is 11.6. The number of hydrogen-bond acceptors (Lipinski definition) is 4. The monoisotopic (exact) mass is 221 g/mol. The quantitative estimate of drug-likeness (QED) is 0.729. The summed E-state index contributed by atoms with van der Waals surface area (Å²) in [5, 5.41) is 8.71. The van der Waals surface area contributed by atoms with Crippen LogP contribution in [0.25, 0.3) is 0 Å². The fourth-order valence-electron chi connectivity index (χ4n) is 1.04. The number of imidazole rings is 1. The summed E-state index contributed by atoms with van der Waals surface area (Å²) in [4.78, 5) is 15.6. The lowest BCUT2D eigenvalue weighted by molar-refractivity contribution is 0.0536. The van der Waals surface area contributed by atoms with Crippen LogP contribution in [-0.4, -0.2) is 21.2 Å². The Kier molecular flexibility index (Phi) is 3.33. The third-order valence-electron chi connectivity index (χ3n) is 1.84. The van der Waals surface area contributed by atoms with E-state index >= 15 is 0 Å². The molecule has 0 fully saturated rings. The van der Waals surface area contributed by atoms with Crippen molar-refractivity contribution < 1.29 is 9.53 Å². The molecule has 86 valence electrons. The highest BCUT2D eigenvalue weighted by molar-refractivity contribution is 5.70. The molecule has 1 aromatic heterocycles. The van der Waals surface area contributed by atoms with Crippen LogP contribution in [0.1, 0.15) is 39.3 Å². The predicted molar refractivity (Wildman–Crippen MR) is 57.9 cm³/mol. The molecule has 1 unspecified atom stereocenters. The normalized spacial score (nSPS) is 12.9. The molecular formula is C11H15N3O2. The number of nitrogens with zero attached hydrogens (tertiary/aromatic N) is 3. The van der Waals surface area contributed by atoms with Gasteiger partial charge in [-0.1, -0.05) is 0 Å². The van der Waals surface area contributed by atoms with Crippen molar-refractivity contribution in [1.29, 1.82) is 5.26 Å². The van der Waals surface area contributed by atoms with Crippen molar-refractivity contribution in [1.82, 2.24) is 9.55 Å². The average molecular weight is 221 g/mol. The molecule has 0 amide bonds. The van der Waals surface area contributed by atoms with E-state index in [0.29, 0.717) is 5.69 Å². The first-order valence-corrected chi connectivity index (χ1v) is 5.00. The lowest BCUT2D eigenvalue weighted by atomic mass is 10.1. The van der Waals surface area contributed by atoms with Gasteiger partial charge >= 0.3 is 6.09 Å². The molecule has 0 saturated heterocycles. The van der Waals surface area contributed by atoms with E-state index in [0.717, 1.165) is 0 Å². The zero-order valence-corrected chi connectivity index (χ0v) is 9.89. The van der Waals surface area contributed by atoms with E-state index in [1.54, 1.807) is 27.7 Å². The number of hydrogen-bond donors (Lipinski definition) is 0. The molecular weight excluding hydrogens is 206 g/mol. The summed E-state index contributed by atoms with van der Waals surface area (Å²) >= 11 is 0. The van der Waals surface area contributed by atoms with Crippen LogP contribution in [0.3, 0.4) is 0 Å². The van der Waals surface area contributed by atoms with E-state index < -0.39 is 11.7 Å².